The Kier molecular flexibility index (Phi) is 7.88. The normalized spacial score (nSPS) is 12.7. The van der Waals surface area contributed by atoms with Crippen LogP contribution in [-0.2, 0) is 22.3 Å². The second-order valence-electron chi connectivity index (χ2n) is 10.9. The number of alkyl halides is 3. The molecule has 230 valence electrons. The molecule has 1 unspecified atom stereocenters. The van der Waals surface area contributed by atoms with Crippen LogP contribution in [0.2, 0.25) is 0 Å². The number of oxazole rings is 1. The maximum absolute atomic E-state index is 13.8. The van der Waals surface area contributed by atoms with Crippen molar-refractivity contribution in [1.82, 2.24) is 35.6 Å². The number of rotatable bonds is 7. The van der Waals surface area contributed by atoms with Gasteiger partial charge in [0, 0.05) is 19.5 Å². The molecule has 0 aliphatic carbocycles. The summed E-state index contributed by atoms with van der Waals surface area (Å²) in [5, 5.41) is 16.9. The molecule has 12 nitrogen and oxygen atoms in total. The number of ether oxygens (including phenoxy) is 1. The highest BCUT2D eigenvalue weighted by Crippen LogP contribution is 2.35. The number of benzene rings is 2. The number of carbonyl (C=O) groups is 2. The first-order chi connectivity index (χ1) is 20.7. The van der Waals surface area contributed by atoms with E-state index in [1.807, 2.05) is 0 Å². The lowest BCUT2D eigenvalue weighted by atomic mass is 10.2. The average molecular weight is 612 g/mol. The average Bonchev–Trinajstić information content (AvgIpc) is 3.67. The Morgan fingerprint density at radius 2 is 1.75 bits per heavy atom. The van der Waals surface area contributed by atoms with E-state index in [0.29, 0.717) is 28.1 Å². The predicted octanol–water partition coefficient (Wildman–Crippen LogP) is 5.59. The van der Waals surface area contributed by atoms with Crippen molar-refractivity contribution < 1.29 is 36.3 Å². The van der Waals surface area contributed by atoms with Gasteiger partial charge in [0.1, 0.15) is 22.9 Å². The first-order valence-electron chi connectivity index (χ1n) is 13.4. The number of halogens is 3. The van der Waals surface area contributed by atoms with Crippen LogP contribution in [0.25, 0.3) is 39.8 Å². The van der Waals surface area contributed by atoms with Crippen LogP contribution in [-0.4, -0.2) is 48.6 Å². The number of aromatic nitrogens is 5. The van der Waals surface area contributed by atoms with Gasteiger partial charge in [0.2, 0.25) is 5.91 Å². The molecular weight excluding hydrogens is 583 g/mol. The van der Waals surface area contributed by atoms with Gasteiger partial charge in [-0.25, -0.2) is 14.5 Å². The summed E-state index contributed by atoms with van der Waals surface area (Å²) in [4.78, 5) is 28.8. The molecule has 0 saturated heterocycles. The molecular formula is C29H28F3N7O5. The zero-order valence-electron chi connectivity index (χ0n) is 24.3. The van der Waals surface area contributed by atoms with Crippen molar-refractivity contribution >= 4 is 23.1 Å². The number of alkyl carbamates (subject to hydrolysis) is 1. The van der Waals surface area contributed by atoms with E-state index < -0.39 is 35.5 Å². The number of fused-ring (bicyclic) bond motifs is 1. The van der Waals surface area contributed by atoms with Crippen LogP contribution in [0, 0.1) is 6.92 Å². The van der Waals surface area contributed by atoms with Crippen molar-refractivity contribution in [3.8, 4) is 28.7 Å². The van der Waals surface area contributed by atoms with Crippen molar-refractivity contribution in [3.05, 3.63) is 65.7 Å². The van der Waals surface area contributed by atoms with E-state index in [4.69, 9.17) is 13.6 Å². The zero-order chi connectivity index (χ0) is 31.8. The van der Waals surface area contributed by atoms with Gasteiger partial charge in [0.05, 0.1) is 11.3 Å². The highest BCUT2D eigenvalue weighted by Gasteiger charge is 2.36. The van der Waals surface area contributed by atoms with Crippen molar-refractivity contribution in [2.75, 3.05) is 0 Å². The molecule has 2 amide bonds. The molecule has 3 heterocycles. The van der Waals surface area contributed by atoms with Gasteiger partial charge >= 0.3 is 12.3 Å². The van der Waals surface area contributed by atoms with Crippen LogP contribution in [0.1, 0.15) is 44.8 Å². The fraction of sp³-hybridized carbons (Fsp3) is 0.310. The number of carbonyl (C=O) groups excluding carboxylic acids is 2. The number of hydrogen-bond donors (Lipinski definition) is 2. The third-order valence-electron chi connectivity index (χ3n) is 6.14. The maximum Gasteiger partial charge on any atom is 0.435 e. The fourth-order valence-corrected chi connectivity index (χ4v) is 4.22. The van der Waals surface area contributed by atoms with E-state index in [2.05, 4.69) is 30.9 Å². The molecule has 1 atom stereocenters. The van der Waals surface area contributed by atoms with Gasteiger partial charge in [0.25, 0.3) is 11.8 Å². The van der Waals surface area contributed by atoms with Gasteiger partial charge in [0.15, 0.2) is 17.2 Å². The SMILES string of the molecule is Cc1nc2cccc(-c3nnc(-c4cc(C(F)(F)F)nn4-c4cccc(CNC(=O)C(C)NC(=O)OC(C)(C)C)c4)o3)c2o1. The highest BCUT2D eigenvalue weighted by atomic mass is 19.4. The third-order valence-corrected chi connectivity index (χ3v) is 6.14. The first kappa shape index (κ1) is 30.3. The number of nitrogens with zero attached hydrogens (tertiary/aromatic N) is 5. The number of nitrogens with one attached hydrogen (secondary N) is 2. The Bertz CT molecular complexity index is 1830. The van der Waals surface area contributed by atoms with E-state index in [9.17, 15) is 22.8 Å². The molecule has 15 heteroatoms. The summed E-state index contributed by atoms with van der Waals surface area (Å²) in [7, 11) is 0. The summed E-state index contributed by atoms with van der Waals surface area (Å²) in [6.07, 6.45) is -5.50. The van der Waals surface area contributed by atoms with E-state index in [1.54, 1.807) is 70.2 Å². The summed E-state index contributed by atoms with van der Waals surface area (Å²) < 4.78 is 58.9. The molecule has 2 N–H and O–H groups in total. The van der Waals surface area contributed by atoms with Crippen molar-refractivity contribution in [1.29, 1.82) is 0 Å². The first-order valence-corrected chi connectivity index (χ1v) is 13.4. The second kappa shape index (κ2) is 11.5. The minimum atomic E-state index is -4.76. The molecule has 44 heavy (non-hydrogen) atoms. The van der Waals surface area contributed by atoms with Crippen molar-refractivity contribution in [3.63, 3.8) is 0 Å². The summed E-state index contributed by atoms with van der Waals surface area (Å²) in [6, 6.07) is 11.4. The van der Waals surface area contributed by atoms with E-state index in [1.165, 1.54) is 6.92 Å². The quantitative estimate of drug-likeness (QED) is 0.240. The standard InChI is InChI=1S/C29H28F3N7O5/c1-15(34-27(41)44-28(3,4)5)24(40)33-14-17-8-6-9-18(12-17)39-21(13-22(38-39)29(30,31)32)26-37-36-25(43-26)19-10-7-11-20-23(19)42-16(2)35-20/h6-13,15H,14H2,1-5H3,(H,33,40)(H,34,41). The van der Waals surface area contributed by atoms with Crippen LogP contribution >= 0.6 is 0 Å². The molecule has 0 aliphatic rings. The third kappa shape index (κ3) is 6.71. The van der Waals surface area contributed by atoms with Crippen LogP contribution in [0.4, 0.5) is 18.0 Å². The maximum atomic E-state index is 13.8. The molecule has 2 aromatic carbocycles. The van der Waals surface area contributed by atoms with Crippen LogP contribution in [0.5, 0.6) is 0 Å². The van der Waals surface area contributed by atoms with Crippen molar-refractivity contribution in [2.24, 2.45) is 0 Å². The summed E-state index contributed by atoms with van der Waals surface area (Å²) in [5.41, 5.74) is 0.179. The molecule has 0 bridgehead atoms. The Morgan fingerprint density at radius 3 is 2.48 bits per heavy atom. The molecule has 0 saturated carbocycles. The fourth-order valence-electron chi connectivity index (χ4n) is 4.22. The van der Waals surface area contributed by atoms with Gasteiger partial charge in [-0.05, 0) is 57.5 Å². The highest BCUT2D eigenvalue weighted by molar-refractivity contribution is 5.87. The van der Waals surface area contributed by atoms with Gasteiger partial charge in [-0.3, -0.25) is 4.79 Å². The van der Waals surface area contributed by atoms with Gasteiger partial charge in [-0.2, -0.15) is 18.3 Å². The van der Waals surface area contributed by atoms with Crippen molar-refractivity contribution in [2.45, 2.75) is 59.0 Å². The number of para-hydroxylation sites is 1. The largest absolute Gasteiger partial charge is 0.444 e. The number of aryl methyl sites for hydroxylation is 1. The van der Waals surface area contributed by atoms with Gasteiger partial charge < -0.3 is 24.2 Å². The molecule has 5 rings (SSSR count). The molecule has 0 radical (unpaired) electrons. The molecule has 0 fully saturated rings. The predicted molar refractivity (Wildman–Crippen MR) is 150 cm³/mol. The topological polar surface area (TPSA) is 150 Å². The molecule has 3 aromatic heterocycles. The minimum Gasteiger partial charge on any atom is -0.444 e. The molecule has 0 aliphatic heterocycles. The Labute approximate surface area is 248 Å². The summed E-state index contributed by atoms with van der Waals surface area (Å²) in [5.74, 6) is -0.258. The lowest BCUT2D eigenvalue weighted by molar-refractivity contribution is -0.141. The number of hydrogen-bond acceptors (Lipinski definition) is 9. The van der Waals surface area contributed by atoms with E-state index in [-0.39, 0.29) is 29.7 Å². The lowest BCUT2D eigenvalue weighted by Crippen LogP contribution is -2.46. The zero-order valence-corrected chi connectivity index (χ0v) is 24.3. The number of amides is 2. The summed E-state index contributed by atoms with van der Waals surface area (Å²) in [6.45, 7) is 8.29. The van der Waals surface area contributed by atoms with E-state index in [0.717, 1.165) is 10.7 Å². The van der Waals surface area contributed by atoms with Crippen LogP contribution in [0.3, 0.4) is 0 Å². The second-order valence-corrected chi connectivity index (χ2v) is 10.9. The van der Waals surface area contributed by atoms with E-state index >= 15 is 0 Å². The van der Waals surface area contributed by atoms with Gasteiger partial charge in [-0.15, -0.1) is 10.2 Å². The molecule has 5 aromatic rings. The minimum absolute atomic E-state index is 0.0149. The molecule has 0 spiro atoms. The monoisotopic (exact) mass is 611 g/mol. The van der Waals surface area contributed by atoms with Crippen LogP contribution in [0.15, 0.2) is 57.4 Å². The Balaban J connectivity index is 1.40. The van der Waals surface area contributed by atoms with Crippen LogP contribution < -0.4 is 10.6 Å². The smallest absolute Gasteiger partial charge is 0.435 e. The lowest BCUT2D eigenvalue weighted by Gasteiger charge is -2.21. The van der Waals surface area contributed by atoms with Gasteiger partial charge in [-0.1, -0.05) is 18.2 Å². The summed E-state index contributed by atoms with van der Waals surface area (Å²) >= 11 is 0. The Morgan fingerprint density at radius 1 is 1.02 bits per heavy atom. The Hall–Kier alpha value is -5.21.